The van der Waals surface area contributed by atoms with E-state index >= 15 is 0 Å². The molecule has 1 unspecified atom stereocenters. The predicted molar refractivity (Wildman–Crippen MR) is 119 cm³/mol. The Morgan fingerprint density at radius 3 is 2.28 bits per heavy atom. The molecule has 8 nitrogen and oxygen atoms in total. The summed E-state index contributed by atoms with van der Waals surface area (Å²) in [6.45, 7) is 3.14. The van der Waals surface area contributed by atoms with Crippen molar-refractivity contribution in [1.29, 1.82) is 0 Å². The lowest BCUT2D eigenvalue weighted by Gasteiger charge is -2.45. The van der Waals surface area contributed by atoms with E-state index in [0.717, 1.165) is 11.3 Å². The largest absolute Gasteiger partial charge is 0.493 e. The van der Waals surface area contributed by atoms with Crippen molar-refractivity contribution in [2.45, 2.75) is 31.4 Å². The molecule has 0 radical (unpaired) electrons. The Kier molecular flexibility index (Phi) is 5.97. The van der Waals surface area contributed by atoms with Crippen molar-refractivity contribution in [3.05, 3.63) is 47.5 Å². The number of carbonyl (C=O) groups is 2. The van der Waals surface area contributed by atoms with Crippen LogP contribution in [0.5, 0.6) is 17.2 Å². The van der Waals surface area contributed by atoms with Gasteiger partial charge in [0, 0.05) is 37.1 Å². The summed E-state index contributed by atoms with van der Waals surface area (Å²) in [5.74, 6) is 1.30. The van der Waals surface area contributed by atoms with Crippen LogP contribution in [0.1, 0.15) is 35.7 Å². The number of ketones is 1. The number of amides is 1. The minimum Gasteiger partial charge on any atom is -0.493 e. The predicted octanol–water partition coefficient (Wildman–Crippen LogP) is 3.84. The van der Waals surface area contributed by atoms with Crippen molar-refractivity contribution in [2.24, 2.45) is 0 Å². The molecule has 2 aliphatic rings. The van der Waals surface area contributed by atoms with Gasteiger partial charge in [-0.25, -0.2) is 4.79 Å². The van der Waals surface area contributed by atoms with Crippen molar-refractivity contribution in [2.75, 3.05) is 39.7 Å². The molecule has 1 amide bonds. The number of Topliss-reactive ketones (excluding diaryl/α,β-unsaturated/α-hetero) is 1. The molecule has 8 heteroatoms. The Balaban J connectivity index is 1.53. The highest BCUT2D eigenvalue weighted by molar-refractivity contribution is 6.01. The van der Waals surface area contributed by atoms with E-state index in [2.05, 4.69) is 10.2 Å². The molecule has 1 fully saturated rings. The highest BCUT2D eigenvalue weighted by atomic mass is 16.6. The first-order valence-corrected chi connectivity index (χ1v) is 10.6. The lowest BCUT2D eigenvalue weighted by Crippen LogP contribution is -2.51. The molecule has 1 saturated heterocycles. The van der Waals surface area contributed by atoms with E-state index in [4.69, 9.17) is 18.9 Å². The van der Waals surface area contributed by atoms with Crippen LogP contribution >= 0.6 is 0 Å². The van der Waals surface area contributed by atoms with Crippen LogP contribution in [0.15, 0.2) is 36.4 Å². The van der Waals surface area contributed by atoms with Gasteiger partial charge in [0.1, 0.15) is 5.60 Å². The zero-order valence-corrected chi connectivity index (χ0v) is 18.8. The van der Waals surface area contributed by atoms with E-state index in [1.807, 2.05) is 31.2 Å². The van der Waals surface area contributed by atoms with E-state index in [-0.39, 0.29) is 11.8 Å². The number of nitrogens with zero attached hydrogens (tertiary/aromatic N) is 1. The summed E-state index contributed by atoms with van der Waals surface area (Å²) in [6, 6.07) is 10.7. The van der Waals surface area contributed by atoms with Gasteiger partial charge in [-0.1, -0.05) is 18.2 Å². The van der Waals surface area contributed by atoms with Gasteiger partial charge in [-0.2, -0.15) is 0 Å². The number of hydrogen-bond donors (Lipinski definition) is 1. The number of rotatable bonds is 6. The topological polar surface area (TPSA) is 86.3 Å². The number of fused-ring (bicyclic) bond motifs is 2. The maximum atomic E-state index is 13.3. The maximum absolute atomic E-state index is 13.3. The van der Waals surface area contributed by atoms with Crippen molar-refractivity contribution in [3.63, 3.8) is 0 Å². The first-order chi connectivity index (χ1) is 15.4. The Morgan fingerprint density at radius 2 is 1.69 bits per heavy atom. The van der Waals surface area contributed by atoms with Crippen LogP contribution in [0.2, 0.25) is 0 Å². The molecule has 0 aromatic heterocycles. The number of anilines is 1. The number of benzene rings is 2. The third-order valence-corrected chi connectivity index (χ3v) is 6.42. The number of piperidine rings is 1. The molecule has 1 N–H and O–H groups in total. The minimum atomic E-state index is -0.662. The maximum Gasteiger partial charge on any atom is 0.412 e. The molecule has 2 aliphatic heterocycles. The number of ether oxygens (including phenoxy) is 4. The Morgan fingerprint density at radius 1 is 1.06 bits per heavy atom. The molecular formula is C24H28N2O6. The smallest absolute Gasteiger partial charge is 0.412 e. The molecular weight excluding hydrogens is 412 g/mol. The Bertz CT molecular complexity index is 1000. The second-order valence-corrected chi connectivity index (χ2v) is 8.04. The van der Waals surface area contributed by atoms with Gasteiger partial charge in [-0.15, -0.1) is 0 Å². The average molecular weight is 440 g/mol. The highest BCUT2D eigenvalue weighted by Crippen LogP contribution is 2.44. The van der Waals surface area contributed by atoms with Crippen molar-refractivity contribution >= 4 is 17.6 Å². The fraction of sp³-hybridized carbons (Fsp3) is 0.417. The standard InChI is InChI=1S/C24H28N2O6/c1-15(21(27)16-13-19(29-2)22(31-4)20(14-16)30-3)26-11-9-24(10-12-26)17-7-5-6-8-18(17)25-23(28)32-24/h5-8,13-15H,9-12H2,1-4H3,(H,25,28). The van der Waals surface area contributed by atoms with E-state index in [1.54, 1.807) is 12.1 Å². The molecule has 0 aliphatic carbocycles. The quantitative estimate of drug-likeness (QED) is 0.683. The van der Waals surface area contributed by atoms with E-state index < -0.39 is 11.7 Å². The first-order valence-electron chi connectivity index (χ1n) is 10.6. The molecule has 1 atom stereocenters. The molecule has 4 rings (SSSR count). The molecule has 32 heavy (non-hydrogen) atoms. The normalized spacial score (nSPS) is 18.2. The zero-order valence-electron chi connectivity index (χ0n) is 18.8. The Labute approximate surface area is 187 Å². The highest BCUT2D eigenvalue weighted by Gasteiger charge is 2.45. The SMILES string of the molecule is COc1cc(C(=O)C(C)N2CCC3(CC2)OC(=O)Nc2ccccc23)cc(OC)c1OC. The lowest BCUT2D eigenvalue weighted by molar-refractivity contribution is -0.0424. The van der Waals surface area contributed by atoms with E-state index in [9.17, 15) is 9.59 Å². The molecule has 2 heterocycles. The fourth-order valence-electron chi connectivity index (χ4n) is 4.63. The van der Waals surface area contributed by atoms with E-state index in [1.165, 1.54) is 21.3 Å². The van der Waals surface area contributed by atoms with Gasteiger partial charge in [-0.05, 0) is 25.1 Å². The zero-order chi connectivity index (χ0) is 22.9. The first kappa shape index (κ1) is 22.0. The number of methoxy groups -OCH3 is 3. The van der Waals surface area contributed by atoms with Crippen LogP contribution in [0.4, 0.5) is 10.5 Å². The fourth-order valence-corrected chi connectivity index (χ4v) is 4.63. The molecule has 2 aromatic carbocycles. The summed E-state index contributed by atoms with van der Waals surface area (Å²) in [6.07, 6.45) is 0.799. The van der Waals surface area contributed by atoms with Crippen molar-refractivity contribution in [1.82, 2.24) is 4.90 Å². The van der Waals surface area contributed by atoms with Gasteiger partial charge >= 0.3 is 6.09 Å². The molecule has 0 saturated carbocycles. The molecule has 2 aromatic rings. The molecule has 0 bridgehead atoms. The summed E-state index contributed by atoms with van der Waals surface area (Å²) in [4.78, 5) is 27.6. The van der Waals surface area contributed by atoms with Crippen LogP contribution in [-0.2, 0) is 10.3 Å². The van der Waals surface area contributed by atoms with Gasteiger partial charge in [0.25, 0.3) is 0 Å². The second kappa shape index (κ2) is 8.70. The van der Waals surface area contributed by atoms with Crippen LogP contribution in [0, 0.1) is 0 Å². The third kappa shape index (κ3) is 3.75. The third-order valence-electron chi connectivity index (χ3n) is 6.42. The summed E-state index contributed by atoms with van der Waals surface area (Å²) >= 11 is 0. The van der Waals surface area contributed by atoms with Crippen LogP contribution in [0.3, 0.4) is 0 Å². The van der Waals surface area contributed by atoms with Gasteiger partial charge in [-0.3, -0.25) is 15.0 Å². The minimum absolute atomic E-state index is 0.0390. The van der Waals surface area contributed by atoms with Gasteiger partial charge in [0.05, 0.1) is 33.1 Å². The number of likely N-dealkylation sites (tertiary alicyclic amines) is 1. The monoisotopic (exact) mass is 440 g/mol. The number of para-hydroxylation sites is 1. The van der Waals surface area contributed by atoms with E-state index in [0.29, 0.717) is 48.7 Å². The second-order valence-electron chi connectivity index (χ2n) is 8.04. The van der Waals surface area contributed by atoms with Gasteiger partial charge in [0.2, 0.25) is 5.75 Å². The van der Waals surface area contributed by atoms with Crippen molar-refractivity contribution < 1.29 is 28.5 Å². The molecule has 170 valence electrons. The number of nitrogens with one attached hydrogen (secondary N) is 1. The Hall–Kier alpha value is -3.26. The van der Waals surface area contributed by atoms with Crippen LogP contribution < -0.4 is 19.5 Å². The van der Waals surface area contributed by atoms with Crippen LogP contribution in [0.25, 0.3) is 0 Å². The summed E-state index contributed by atoms with van der Waals surface area (Å²) < 4.78 is 21.9. The van der Waals surface area contributed by atoms with Gasteiger partial charge < -0.3 is 18.9 Å². The van der Waals surface area contributed by atoms with Crippen LogP contribution in [-0.4, -0.2) is 57.2 Å². The summed E-state index contributed by atoms with van der Waals surface area (Å²) in [5, 5.41) is 2.77. The lowest BCUT2D eigenvalue weighted by atomic mass is 9.81. The number of hydrogen-bond acceptors (Lipinski definition) is 7. The summed E-state index contributed by atoms with van der Waals surface area (Å²) in [7, 11) is 4.58. The van der Waals surface area contributed by atoms with Crippen molar-refractivity contribution in [3.8, 4) is 17.2 Å². The number of carbonyl (C=O) groups excluding carboxylic acids is 2. The molecule has 1 spiro atoms. The van der Waals surface area contributed by atoms with Gasteiger partial charge in [0.15, 0.2) is 17.3 Å². The summed E-state index contributed by atoms with van der Waals surface area (Å²) in [5.41, 5.74) is 1.61. The average Bonchev–Trinajstić information content (AvgIpc) is 2.82.